The Morgan fingerprint density at radius 1 is 0.418 bits per heavy atom. The monoisotopic (exact) mass is 699 g/mol. The summed E-state index contributed by atoms with van der Waals surface area (Å²) in [7, 11) is 0. The molecule has 5 heteroatoms. The van der Waals surface area contributed by atoms with Gasteiger partial charge in [-0.15, -0.1) is 0 Å². The lowest BCUT2D eigenvalue weighted by Crippen LogP contribution is -1.99. The zero-order chi connectivity index (χ0) is 36.6. The molecular weight excluding hydrogens is 671 g/mol. The van der Waals surface area contributed by atoms with Gasteiger partial charge in [-0.1, -0.05) is 103 Å². The standard InChI is InChI=1S/C50H29N5/c1-52-42-15-10-20-48(50(42)33-22-24-34(25-23-33)53-43-16-6-4-13-38(43)40-27-21-32(31-51)29-49(40)53)55-46-19-9-5-14-39(46)41-30-35(26-28-47(41)55)54-44-17-7-2-11-36(44)37-12-3-8-18-45(37)54/h2-30H. The first-order valence-electron chi connectivity index (χ1n) is 18.3. The zero-order valence-corrected chi connectivity index (χ0v) is 29.5. The summed E-state index contributed by atoms with van der Waals surface area (Å²) in [5, 5.41) is 16.7. The molecule has 0 saturated heterocycles. The maximum absolute atomic E-state index is 9.73. The minimum Gasteiger partial charge on any atom is -0.310 e. The van der Waals surface area contributed by atoms with Crippen molar-refractivity contribution < 1.29 is 0 Å². The molecule has 0 radical (unpaired) electrons. The summed E-state index contributed by atoms with van der Waals surface area (Å²) in [6.45, 7) is 8.28. The van der Waals surface area contributed by atoms with Gasteiger partial charge in [0.2, 0.25) is 0 Å². The Labute approximate surface area is 316 Å². The molecule has 0 aliphatic rings. The second-order valence-corrected chi connectivity index (χ2v) is 13.9. The Morgan fingerprint density at radius 3 is 1.53 bits per heavy atom. The normalized spacial score (nSPS) is 11.6. The van der Waals surface area contributed by atoms with Crippen molar-refractivity contribution in [2.75, 3.05) is 0 Å². The molecule has 0 aliphatic heterocycles. The van der Waals surface area contributed by atoms with Gasteiger partial charge in [0.1, 0.15) is 0 Å². The van der Waals surface area contributed by atoms with Crippen LogP contribution in [-0.2, 0) is 0 Å². The van der Waals surface area contributed by atoms with E-state index in [9.17, 15) is 5.26 Å². The number of hydrogen-bond donors (Lipinski definition) is 0. The topological polar surface area (TPSA) is 42.9 Å². The van der Waals surface area contributed by atoms with Gasteiger partial charge in [0.25, 0.3) is 0 Å². The van der Waals surface area contributed by atoms with Crippen LogP contribution in [0.2, 0.25) is 0 Å². The molecule has 0 atom stereocenters. The molecule has 0 fully saturated rings. The van der Waals surface area contributed by atoms with Crippen LogP contribution in [0, 0.1) is 17.9 Å². The SMILES string of the molecule is [C-]#[N+]c1cccc(-n2c3ccccc3c3cc(-n4c5ccccc5c5ccccc54)ccc32)c1-c1ccc(-n2c3ccccc3c3ccc(C#N)cc32)cc1. The highest BCUT2D eigenvalue weighted by atomic mass is 15.0. The zero-order valence-electron chi connectivity index (χ0n) is 29.5. The predicted octanol–water partition coefficient (Wildman–Crippen LogP) is 13.1. The van der Waals surface area contributed by atoms with Crippen LogP contribution >= 0.6 is 0 Å². The molecule has 0 N–H and O–H groups in total. The van der Waals surface area contributed by atoms with Crippen LogP contribution in [0.4, 0.5) is 5.69 Å². The first kappa shape index (κ1) is 30.7. The number of benzene rings is 8. The van der Waals surface area contributed by atoms with Gasteiger partial charge in [-0.25, -0.2) is 4.85 Å². The third-order valence-electron chi connectivity index (χ3n) is 11.1. The number of nitriles is 1. The second-order valence-electron chi connectivity index (χ2n) is 13.9. The third-order valence-corrected chi connectivity index (χ3v) is 11.1. The molecule has 3 aromatic heterocycles. The van der Waals surface area contributed by atoms with Crippen LogP contribution < -0.4 is 0 Å². The first-order valence-corrected chi connectivity index (χ1v) is 18.3. The minimum atomic E-state index is 0.591. The Hall–Kier alpha value is -7.86. The molecule has 3 heterocycles. The highest BCUT2D eigenvalue weighted by Crippen LogP contribution is 2.42. The van der Waals surface area contributed by atoms with Crippen LogP contribution in [-0.4, -0.2) is 13.7 Å². The molecule has 11 aromatic rings. The number of rotatable bonds is 4. The van der Waals surface area contributed by atoms with Gasteiger partial charge in [0.15, 0.2) is 5.69 Å². The molecular formula is C50H29N5. The summed E-state index contributed by atoms with van der Waals surface area (Å²) in [5.74, 6) is 0. The van der Waals surface area contributed by atoms with E-state index in [1.807, 2.05) is 36.4 Å². The van der Waals surface area contributed by atoms with Crippen LogP contribution in [0.15, 0.2) is 176 Å². The van der Waals surface area contributed by atoms with Crippen LogP contribution in [0.1, 0.15) is 5.56 Å². The van der Waals surface area contributed by atoms with Gasteiger partial charge in [-0.2, -0.15) is 5.26 Å². The van der Waals surface area contributed by atoms with Gasteiger partial charge in [-0.05, 0) is 78.4 Å². The van der Waals surface area contributed by atoms with Crippen molar-refractivity contribution in [1.82, 2.24) is 13.7 Å². The molecule has 0 aliphatic carbocycles. The van der Waals surface area contributed by atoms with Crippen molar-refractivity contribution in [2.24, 2.45) is 0 Å². The van der Waals surface area contributed by atoms with Crippen molar-refractivity contribution in [3.63, 3.8) is 0 Å². The highest BCUT2D eigenvalue weighted by Gasteiger charge is 2.20. The van der Waals surface area contributed by atoms with Crippen LogP contribution in [0.5, 0.6) is 0 Å². The number of aromatic nitrogens is 3. The summed E-state index contributed by atoms with van der Waals surface area (Å²) in [6, 6.07) is 63.5. The third kappa shape index (κ3) is 4.45. The van der Waals surface area contributed by atoms with Gasteiger partial charge in [0.05, 0.1) is 51.3 Å². The fraction of sp³-hybridized carbons (Fsp3) is 0. The number of hydrogen-bond acceptors (Lipinski definition) is 1. The van der Waals surface area contributed by atoms with Gasteiger partial charge in [0, 0.05) is 54.9 Å². The van der Waals surface area contributed by atoms with E-state index in [0.29, 0.717) is 11.3 Å². The molecule has 0 unspecified atom stereocenters. The summed E-state index contributed by atoms with van der Waals surface area (Å²) >= 11 is 0. The number of fused-ring (bicyclic) bond motifs is 9. The van der Waals surface area contributed by atoms with Gasteiger partial charge >= 0.3 is 0 Å². The average molecular weight is 700 g/mol. The lowest BCUT2D eigenvalue weighted by atomic mass is 10.0. The van der Waals surface area contributed by atoms with Crippen molar-refractivity contribution in [3.8, 4) is 34.3 Å². The average Bonchev–Trinajstić information content (AvgIpc) is 3.88. The van der Waals surface area contributed by atoms with E-state index < -0.39 is 0 Å². The second kappa shape index (κ2) is 11.8. The summed E-state index contributed by atoms with van der Waals surface area (Å²) < 4.78 is 6.90. The lowest BCUT2D eigenvalue weighted by molar-refractivity contribution is 1.16. The number of para-hydroxylation sites is 4. The summed E-state index contributed by atoms with van der Waals surface area (Å²) in [5.41, 5.74) is 12.7. The minimum absolute atomic E-state index is 0.591. The summed E-state index contributed by atoms with van der Waals surface area (Å²) in [6.07, 6.45) is 0. The molecule has 254 valence electrons. The van der Waals surface area contributed by atoms with E-state index in [2.05, 4.69) is 164 Å². The maximum atomic E-state index is 9.73. The van der Waals surface area contributed by atoms with E-state index in [1.165, 1.54) is 21.8 Å². The fourth-order valence-corrected chi connectivity index (χ4v) is 8.76. The molecule has 55 heavy (non-hydrogen) atoms. The van der Waals surface area contributed by atoms with E-state index in [-0.39, 0.29) is 0 Å². The van der Waals surface area contributed by atoms with Gasteiger partial charge < -0.3 is 13.7 Å². The highest BCUT2D eigenvalue weighted by molar-refractivity contribution is 6.13. The lowest BCUT2D eigenvalue weighted by Gasteiger charge is -2.17. The Balaban J connectivity index is 1.11. The molecule has 11 rings (SSSR count). The van der Waals surface area contributed by atoms with E-state index in [4.69, 9.17) is 6.57 Å². The van der Waals surface area contributed by atoms with Crippen LogP contribution in [0.3, 0.4) is 0 Å². The first-order chi connectivity index (χ1) is 27.2. The van der Waals surface area contributed by atoms with Crippen molar-refractivity contribution >= 4 is 71.1 Å². The van der Waals surface area contributed by atoms with Crippen LogP contribution in [0.25, 0.3) is 98.5 Å². The summed E-state index contributed by atoms with van der Waals surface area (Å²) in [4.78, 5) is 4.05. The smallest absolute Gasteiger partial charge is 0.196 e. The van der Waals surface area contributed by atoms with Crippen molar-refractivity contribution in [2.45, 2.75) is 0 Å². The molecule has 8 aromatic carbocycles. The van der Waals surface area contributed by atoms with E-state index >= 15 is 0 Å². The molecule has 0 bridgehead atoms. The Bertz CT molecular complexity index is 3400. The van der Waals surface area contributed by atoms with Gasteiger partial charge in [-0.3, -0.25) is 0 Å². The fourth-order valence-electron chi connectivity index (χ4n) is 8.76. The molecule has 0 amide bonds. The van der Waals surface area contributed by atoms with E-state index in [1.54, 1.807) is 0 Å². The Morgan fingerprint density at radius 2 is 0.927 bits per heavy atom. The predicted molar refractivity (Wildman–Crippen MR) is 226 cm³/mol. The molecule has 0 saturated carbocycles. The molecule has 0 spiro atoms. The quantitative estimate of drug-likeness (QED) is 0.169. The van der Waals surface area contributed by atoms with E-state index in [0.717, 1.165) is 71.8 Å². The largest absolute Gasteiger partial charge is 0.310 e. The van der Waals surface area contributed by atoms with Crippen molar-refractivity contribution in [1.29, 1.82) is 5.26 Å². The maximum Gasteiger partial charge on any atom is 0.196 e. The molecule has 5 nitrogen and oxygen atoms in total. The Kier molecular flexibility index (Phi) is 6.61. The number of nitrogens with zero attached hydrogens (tertiary/aromatic N) is 5. The van der Waals surface area contributed by atoms with Crippen molar-refractivity contribution in [3.05, 3.63) is 193 Å².